The number of rotatable bonds is 12. The fourth-order valence-electron chi connectivity index (χ4n) is 2.50. The number of aromatic nitrogens is 1. The number of hydrogen-bond acceptors (Lipinski definition) is 5. The smallest absolute Gasteiger partial charge is 0.350 e. The van der Waals surface area contributed by atoms with E-state index < -0.39 is 0 Å². The Bertz CT molecular complexity index is 432. The van der Waals surface area contributed by atoms with Crippen LogP contribution in [-0.2, 0) is 11.2 Å². The van der Waals surface area contributed by atoms with Crippen molar-refractivity contribution >= 4 is 22.4 Å². The van der Waals surface area contributed by atoms with Crippen LogP contribution < -0.4 is 5.73 Å². The van der Waals surface area contributed by atoms with Crippen LogP contribution in [0.1, 0.15) is 87.0 Å². The van der Waals surface area contributed by atoms with E-state index in [0.717, 1.165) is 18.5 Å². The number of nitrogens with zero attached hydrogens (tertiary/aromatic N) is 1. The van der Waals surface area contributed by atoms with Gasteiger partial charge in [0.25, 0.3) is 0 Å². The van der Waals surface area contributed by atoms with E-state index in [1.165, 1.54) is 62.7 Å². The van der Waals surface area contributed by atoms with Crippen molar-refractivity contribution in [2.75, 3.05) is 12.3 Å². The lowest BCUT2D eigenvalue weighted by molar-refractivity contribution is 0.0530. The Morgan fingerprint density at radius 1 is 1.05 bits per heavy atom. The van der Waals surface area contributed by atoms with E-state index in [0.29, 0.717) is 16.6 Å². The monoisotopic (exact) mass is 326 g/mol. The second kappa shape index (κ2) is 11.5. The average molecular weight is 327 g/mol. The predicted molar refractivity (Wildman–Crippen MR) is 93.4 cm³/mol. The number of unbranched alkanes of at least 4 members (excludes halogenated alkanes) is 8. The molecule has 0 fully saturated rings. The number of ether oxygens (including phenoxy) is 1. The highest BCUT2D eigenvalue weighted by molar-refractivity contribution is 7.17. The van der Waals surface area contributed by atoms with Gasteiger partial charge in [0.2, 0.25) is 0 Å². The van der Waals surface area contributed by atoms with Gasteiger partial charge in [-0.3, -0.25) is 0 Å². The molecule has 0 aliphatic carbocycles. The fourth-order valence-corrected chi connectivity index (χ4v) is 3.27. The summed E-state index contributed by atoms with van der Waals surface area (Å²) in [5.74, 6) is -0.289. The summed E-state index contributed by atoms with van der Waals surface area (Å²) in [5, 5.41) is 0.453. The van der Waals surface area contributed by atoms with Crippen molar-refractivity contribution in [3.63, 3.8) is 0 Å². The number of nitrogen functional groups attached to an aromatic ring is 1. The Labute approximate surface area is 138 Å². The molecule has 1 aromatic rings. The van der Waals surface area contributed by atoms with Crippen LogP contribution >= 0.6 is 11.3 Å². The number of aryl methyl sites for hydroxylation is 1. The number of carbonyl (C=O) groups is 1. The first-order chi connectivity index (χ1) is 10.7. The molecule has 0 bridgehead atoms. The molecule has 5 heteroatoms. The molecular weight excluding hydrogens is 296 g/mol. The molecule has 4 nitrogen and oxygen atoms in total. The number of thiazole rings is 1. The van der Waals surface area contributed by atoms with Gasteiger partial charge < -0.3 is 10.5 Å². The third-order valence-electron chi connectivity index (χ3n) is 3.69. The van der Waals surface area contributed by atoms with Gasteiger partial charge in [-0.2, -0.15) is 0 Å². The highest BCUT2D eigenvalue weighted by Crippen LogP contribution is 2.23. The third kappa shape index (κ3) is 7.25. The topological polar surface area (TPSA) is 65.2 Å². The molecule has 0 saturated carbocycles. The number of hydrogen-bond donors (Lipinski definition) is 1. The van der Waals surface area contributed by atoms with Crippen LogP contribution in [0.5, 0.6) is 0 Å². The lowest BCUT2D eigenvalue weighted by atomic mass is 10.1. The minimum atomic E-state index is -0.289. The van der Waals surface area contributed by atoms with E-state index in [4.69, 9.17) is 10.5 Å². The van der Waals surface area contributed by atoms with Gasteiger partial charge in [-0.1, -0.05) is 69.6 Å². The summed E-state index contributed by atoms with van der Waals surface area (Å²) in [6.07, 6.45) is 12.4. The van der Waals surface area contributed by atoms with Crippen molar-refractivity contribution in [1.82, 2.24) is 4.98 Å². The third-order valence-corrected chi connectivity index (χ3v) is 4.60. The Hall–Kier alpha value is -1.10. The van der Waals surface area contributed by atoms with E-state index >= 15 is 0 Å². The average Bonchev–Trinajstić information content (AvgIpc) is 2.87. The molecule has 126 valence electrons. The zero-order valence-corrected chi connectivity index (χ0v) is 14.8. The van der Waals surface area contributed by atoms with Gasteiger partial charge in [0, 0.05) is 0 Å². The van der Waals surface area contributed by atoms with Gasteiger partial charge >= 0.3 is 5.97 Å². The molecule has 0 radical (unpaired) electrons. The summed E-state index contributed by atoms with van der Waals surface area (Å²) in [5.41, 5.74) is 6.53. The first kappa shape index (κ1) is 18.9. The van der Waals surface area contributed by atoms with Crippen LogP contribution in [0.15, 0.2) is 0 Å². The van der Waals surface area contributed by atoms with Crippen molar-refractivity contribution in [1.29, 1.82) is 0 Å². The number of carbonyl (C=O) groups excluding carboxylic acids is 1. The van der Waals surface area contributed by atoms with Crippen LogP contribution in [-0.4, -0.2) is 17.6 Å². The minimum Gasteiger partial charge on any atom is -0.462 e. The van der Waals surface area contributed by atoms with Gasteiger partial charge in [-0.15, -0.1) is 0 Å². The fraction of sp³-hybridized carbons (Fsp3) is 0.765. The molecule has 0 saturated heterocycles. The SMILES string of the molecule is CCCCCCCCCCCc1nc(N)sc1C(=O)OCC. The van der Waals surface area contributed by atoms with Crippen molar-refractivity contribution in [3.05, 3.63) is 10.6 Å². The summed E-state index contributed by atoms with van der Waals surface area (Å²) < 4.78 is 5.05. The molecule has 1 aromatic heterocycles. The molecule has 1 rings (SSSR count). The first-order valence-corrected chi connectivity index (χ1v) is 9.43. The molecular formula is C17H30N2O2S. The van der Waals surface area contributed by atoms with Crippen molar-refractivity contribution in [3.8, 4) is 0 Å². The zero-order valence-electron chi connectivity index (χ0n) is 14.0. The number of anilines is 1. The van der Waals surface area contributed by atoms with Gasteiger partial charge in [0.05, 0.1) is 12.3 Å². The molecule has 0 aliphatic rings. The van der Waals surface area contributed by atoms with E-state index in [-0.39, 0.29) is 5.97 Å². The first-order valence-electron chi connectivity index (χ1n) is 8.61. The van der Waals surface area contributed by atoms with E-state index in [2.05, 4.69) is 11.9 Å². The Kier molecular flexibility index (Phi) is 9.87. The molecule has 0 aromatic carbocycles. The molecule has 0 spiro atoms. The van der Waals surface area contributed by atoms with Gasteiger partial charge in [-0.05, 0) is 19.8 Å². The zero-order chi connectivity index (χ0) is 16.2. The van der Waals surface area contributed by atoms with Crippen molar-refractivity contribution in [2.45, 2.75) is 78.1 Å². The maximum absolute atomic E-state index is 11.8. The predicted octanol–water partition coefficient (Wildman–Crippen LogP) is 4.98. The van der Waals surface area contributed by atoms with Gasteiger partial charge in [-0.25, -0.2) is 9.78 Å². The molecule has 0 atom stereocenters. The maximum Gasteiger partial charge on any atom is 0.350 e. The second-order valence-corrected chi connectivity index (χ2v) is 6.66. The lowest BCUT2D eigenvalue weighted by Crippen LogP contribution is -2.05. The number of esters is 1. The Balaban J connectivity index is 2.21. The summed E-state index contributed by atoms with van der Waals surface area (Å²) in [6.45, 7) is 4.44. The van der Waals surface area contributed by atoms with E-state index in [1.807, 2.05) is 6.92 Å². The summed E-state index contributed by atoms with van der Waals surface area (Å²) in [6, 6.07) is 0. The minimum absolute atomic E-state index is 0.289. The Morgan fingerprint density at radius 2 is 1.64 bits per heavy atom. The highest BCUT2D eigenvalue weighted by atomic mass is 32.1. The molecule has 0 amide bonds. The van der Waals surface area contributed by atoms with E-state index in [1.54, 1.807) is 0 Å². The quantitative estimate of drug-likeness (QED) is 0.435. The van der Waals surface area contributed by atoms with Crippen LogP contribution in [0.25, 0.3) is 0 Å². The molecule has 0 aliphatic heterocycles. The largest absolute Gasteiger partial charge is 0.462 e. The molecule has 22 heavy (non-hydrogen) atoms. The van der Waals surface area contributed by atoms with Gasteiger partial charge in [0.15, 0.2) is 5.13 Å². The van der Waals surface area contributed by atoms with Crippen molar-refractivity contribution in [2.24, 2.45) is 0 Å². The van der Waals surface area contributed by atoms with Crippen LogP contribution in [0.2, 0.25) is 0 Å². The molecule has 1 heterocycles. The highest BCUT2D eigenvalue weighted by Gasteiger charge is 2.17. The van der Waals surface area contributed by atoms with Crippen molar-refractivity contribution < 1.29 is 9.53 Å². The maximum atomic E-state index is 11.8. The second-order valence-electron chi connectivity index (χ2n) is 5.63. The summed E-state index contributed by atoms with van der Waals surface area (Å²) in [7, 11) is 0. The van der Waals surface area contributed by atoms with Crippen LogP contribution in [0.4, 0.5) is 5.13 Å². The van der Waals surface area contributed by atoms with Gasteiger partial charge in [0.1, 0.15) is 4.88 Å². The summed E-state index contributed by atoms with van der Waals surface area (Å²) in [4.78, 5) is 16.7. The van der Waals surface area contributed by atoms with Crippen LogP contribution in [0, 0.1) is 0 Å². The molecule has 2 N–H and O–H groups in total. The number of nitrogens with two attached hydrogens (primary N) is 1. The standard InChI is InChI=1S/C17H30N2O2S/c1-3-5-6-7-8-9-10-11-12-13-14-15(16(20)21-4-2)22-17(18)19-14/h3-13H2,1-2H3,(H2,18,19). The Morgan fingerprint density at radius 3 is 2.23 bits per heavy atom. The lowest BCUT2D eigenvalue weighted by Gasteiger charge is -2.03. The normalized spacial score (nSPS) is 10.8. The van der Waals surface area contributed by atoms with E-state index in [9.17, 15) is 4.79 Å². The molecule has 0 unspecified atom stereocenters. The summed E-state index contributed by atoms with van der Waals surface area (Å²) >= 11 is 1.23. The van der Waals surface area contributed by atoms with Crippen LogP contribution in [0.3, 0.4) is 0 Å².